The Morgan fingerprint density at radius 3 is 3.13 bits per heavy atom. The van der Waals surface area contributed by atoms with Gasteiger partial charge in [0.1, 0.15) is 5.65 Å². The van der Waals surface area contributed by atoms with Gasteiger partial charge in [-0.15, -0.1) is 6.42 Å². The number of anilines is 1. The van der Waals surface area contributed by atoms with Crippen LogP contribution in [0.25, 0.3) is 22.4 Å². The number of pyridine rings is 1. The number of nitrogens with one attached hydrogen (secondary N) is 2. The van der Waals surface area contributed by atoms with Crippen LogP contribution in [0.5, 0.6) is 0 Å². The SMILES string of the molecule is C#CCC(=O)N1CCC[C@@H](CNc2nc(-c3c[nH]c4ncc(Cl)cc34)ncc2F)C1. The minimum atomic E-state index is -0.536. The number of carbonyl (C=O) groups is 1. The molecular weight excluding hydrogens is 407 g/mol. The number of fused-ring (bicyclic) bond motifs is 1. The first kappa shape index (κ1) is 20.1. The van der Waals surface area contributed by atoms with Crippen molar-refractivity contribution in [2.45, 2.75) is 19.3 Å². The molecule has 154 valence electrons. The summed E-state index contributed by atoms with van der Waals surface area (Å²) in [7, 11) is 0. The van der Waals surface area contributed by atoms with Gasteiger partial charge in [-0.2, -0.15) is 0 Å². The summed E-state index contributed by atoms with van der Waals surface area (Å²) in [6.45, 7) is 1.80. The van der Waals surface area contributed by atoms with E-state index in [0.29, 0.717) is 41.7 Å². The average molecular weight is 427 g/mol. The van der Waals surface area contributed by atoms with Crippen LogP contribution in [0.2, 0.25) is 5.02 Å². The van der Waals surface area contributed by atoms with Gasteiger partial charge >= 0.3 is 0 Å². The summed E-state index contributed by atoms with van der Waals surface area (Å²) >= 11 is 6.05. The van der Waals surface area contributed by atoms with Crippen LogP contribution in [0.1, 0.15) is 19.3 Å². The molecule has 30 heavy (non-hydrogen) atoms. The molecule has 1 aliphatic heterocycles. The highest BCUT2D eigenvalue weighted by atomic mass is 35.5. The van der Waals surface area contributed by atoms with E-state index in [2.05, 4.69) is 31.2 Å². The maximum absolute atomic E-state index is 14.3. The van der Waals surface area contributed by atoms with Crippen LogP contribution in [0.3, 0.4) is 0 Å². The second-order valence-electron chi connectivity index (χ2n) is 7.25. The van der Waals surface area contributed by atoms with Crippen molar-refractivity contribution in [1.82, 2.24) is 24.8 Å². The van der Waals surface area contributed by atoms with Gasteiger partial charge < -0.3 is 15.2 Å². The Hall–Kier alpha value is -3.18. The summed E-state index contributed by atoms with van der Waals surface area (Å²) in [4.78, 5) is 29.6. The zero-order valence-electron chi connectivity index (χ0n) is 16.2. The molecule has 0 radical (unpaired) electrons. The lowest BCUT2D eigenvalue weighted by molar-refractivity contribution is -0.131. The molecule has 0 aliphatic carbocycles. The first-order valence-electron chi connectivity index (χ1n) is 9.66. The molecule has 0 saturated carbocycles. The Bertz CT molecular complexity index is 1120. The summed E-state index contributed by atoms with van der Waals surface area (Å²) in [6, 6.07) is 1.76. The molecule has 2 N–H and O–H groups in total. The van der Waals surface area contributed by atoms with Crippen LogP contribution in [-0.4, -0.2) is 50.4 Å². The van der Waals surface area contributed by atoms with Crippen molar-refractivity contribution in [2.24, 2.45) is 5.92 Å². The molecule has 1 aliphatic rings. The number of carbonyl (C=O) groups excluding carboxylic acids is 1. The molecule has 7 nitrogen and oxygen atoms in total. The van der Waals surface area contributed by atoms with E-state index in [1.54, 1.807) is 23.4 Å². The molecule has 1 fully saturated rings. The Morgan fingerprint density at radius 1 is 1.43 bits per heavy atom. The molecular formula is C21H20ClFN6O. The van der Waals surface area contributed by atoms with Gasteiger partial charge in [0.05, 0.1) is 17.6 Å². The van der Waals surface area contributed by atoms with Gasteiger partial charge in [0.2, 0.25) is 5.91 Å². The van der Waals surface area contributed by atoms with Crippen molar-refractivity contribution in [3.8, 4) is 23.7 Å². The maximum Gasteiger partial charge on any atom is 0.234 e. The van der Waals surface area contributed by atoms with Crippen molar-refractivity contribution >= 4 is 34.4 Å². The first-order valence-corrected chi connectivity index (χ1v) is 10.0. The van der Waals surface area contributed by atoms with Crippen LogP contribution in [0, 0.1) is 24.1 Å². The predicted octanol–water partition coefficient (Wildman–Crippen LogP) is 3.49. The first-order chi connectivity index (χ1) is 14.5. The molecule has 3 aromatic heterocycles. The van der Waals surface area contributed by atoms with E-state index in [-0.39, 0.29) is 24.1 Å². The number of halogens is 2. The van der Waals surface area contributed by atoms with Crippen molar-refractivity contribution in [3.05, 3.63) is 35.5 Å². The smallest absolute Gasteiger partial charge is 0.234 e. The molecule has 0 unspecified atom stereocenters. The third-order valence-corrected chi connectivity index (χ3v) is 5.37. The number of terminal acetylenes is 1. The molecule has 1 atom stereocenters. The fourth-order valence-corrected chi connectivity index (χ4v) is 3.84. The highest BCUT2D eigenvalue weighted by Crippen LogP contribution is 2.28. The van der Waals surface area contributed by atoms with E-state index in [4.69, 9.17) is 18.0 Å². The second kappa shape index (κ2) is 8.67. The van der Waals surface area contributed by atoms with Gasteiger partial charge in [0.25, 0.3) is 0 Å². The highest BCUT2D eigenvalue weighted by molar-refractivity contribution is 6.31. The normalized spacial score (nSPS) is 16.4. The lowest BCUT2D eigenvalue weighted by Crippen LogP contribution is -2.41. The zero-order valence-corrected chi connectivity index (χ0v) is 16.9. The van der Waals surface area contributed by atoms with E-state index in [1.807, 2.05) is 0 Å². The number of H-pyrrole nitrogens is 1. The fourth-order valence-electron chi connectivity index (χ4n) is 3.68. The molecule has 1 amide bonds. The summed E-state index contributed by atoms with van der Waals surface area (Å²) in [5.41, 5.74) is 1.34. The predicted molar refractivity (Wildman–Crippen MR) is 113 cm³/mol. The van der Waals surface area contributed by atoms with E-state index in [0.717, 1.165) is 24.4 Å². The van der Waals surface area contributed by atoms with Gasteiger partial charge in [-0.3, -0.25) is 4.79 Å². The fraction of sp³-hybridized carbons (Fsp3) is 0.333. The number of hydrogen-bond acceptors (Lipinski definition) is 5. The van der Waals surface area contributed by atoms with Crippen LogP contribution in [-0.2, 0) is 4.79 Å². The number of rotatable bonds is 5. The van der Waals surface area contributed by atoms with Gasteiger partial charge in [-0.1, -0.05) is 17.5 Å². The van der Waals surface area contributed by atoms with Crippen molar-refractivity contribution in [3.63, 3.8) is 0 Å². The molecule has 1 saturated heterocycles. The molecule has 0 spiro atoms. The Kier molecular flexibility index (Phi) is 5.81. The summed E-state index contributed by atoms with van der Waals surface area (Å²) < 4.78 is 14.3. The van der Waals surface area contributed by atoms with Gasteiger partial charge in [0.15, 0.2) is 17.5 Å². The molecule has 9 heteroatoms. The van der Waals surface area contributed by atoms with Gasteiger partial charge in [0, 0.05) is 43.0 Å². The topological polar surface area (TPSA) is 86.8 Å². The van der Waals surface area contributed by atoms with Crippen LogP contribution < -0.4 is 5.32 Å². The molecule has 3 aromatic rings. The van der Waals surface area contributed by atoms with Crippen molar-refractivity contribution in [1.29, 1.82) is 0 Å². The summed E-state index contributed by atoms with van der Waals surface area (Å²) in [5, 5.41) is 4.33. The summed E-state index contributed by atoms with van der Waals surface area (Å²) in [5.74, 6) is 2.49. The standard InChI is InChI=1S/C21H20ClFN6O/c1-2-4-18(30)29-6-3-5-13(12-29)8-24-21-17(23)11-27-20(28-21)16-10-26-19-15(16)7-14(22)9-25-19/h1,7,9-11,13H,3-6,8,12H2,(H,25,26)(H,24,27,28)/t13-/m0/s1. The Morgan fingerprint density at radius 2 is 2.30 bits per heavy atom. The number of nitrogens with zero attached hydrogens (tertiary/aromatic N) is 4. The average Bonchev–Trinajstić information content (AvgIpc) is 3.16. The van der Waals surface area contributed by atoms with E-state index in [9.17, 15) is 9.18 Å². The monoisotopic (exact) mass is 426 g/mol. The molecule has 0 bridgehead atoms. The lowest BCUT2D eigenvalue weighted by Gasteiger charge is -2.32. The third-order valence-electron chi connectivity index (χ3n) is 5.17. The number of aromatic amines is 1. The van der Waals surface area contributed by atoms with E-state index >= 15 is 0 Å². The van der Waals surface area contributed by atoms with E-state index < -0.39 is 5.82 Å². The van der Waals surface area contributed by atoms with Crippen LogP contribution in [0.4, 0.5) is 10.2 Å². The summed E-state index contributed by atoms with van der Waals surface area (Å²) in [6.07, 6.45) is 11.6. The molecule has 0 aromatic carbocycles. The Labute approximate surface area is 178 Å². The number of hydrogen-bond donors (Lipinski definition) is 2. The maximum atomic E-state index is 14.3. The number of aromatic nitrogens is 4. The number of amides is 1. The zero-order chi connectivity index (χ0) is 21.1. The third kappa shape index (κ3) is 4.21. The number of piperidine rings is 1. The molecule has 4 heterocycles. The van der Waals surface area contributed by atoms with Crippen molar-refractivity contribution < 1.29 is 9.18 Å². The van der Waals surface area contributed by atoms with Gasteiger partial charge in [-0.25, -0.2) is 19.3 Å². The quantitative estimate of drug-likeness (QED) is 0.610. The lowest BCUT2D eigenvalue weighted by atomic mass is 9.97. The van der Waals surface area contributed by atoms with Crippen LogP contribution in [0.15, 0.2) is 24.7 Å². The highest BCUT2D eigenvalue weighted by Gasteiger charge is 2.23. The Balaban J connectivity index is 1.49. The minimum absolute atomic E-state index is 0.0377. The van der Waals surface area contributed by atoms with Crippen LogP contribution >= 0.6 is 11.6 Å². The second-order valence-corrected chi connectivity index (χ2v) is 7.69. The van der Waals surface area contributed by atoms with Gasteiger partial charge in [-0.05, 0) is 24.8 Å². The van der Waals surface area contributed by atoms with Crippen molar-refractivity contribution in [2.75, 3.05) is 25.0 Å². The number of likely N-dealkylation sites (tertiary alicyclic amines) is 1. The largest absolute Gasteiger partial charge is 0.367 e. The molecule has 4 rings (SSSR count). The minimum Gasteiger partial charge on any atom is -0.367 e. The van der Waals surface area contributed by atoms with E-state index in [1.165, 1.54) is 0 Å².